The Morgan fingerprint density at radius 3 is 2.73 bits per heavy atom. The summed E-state index contributed by atoms with van der Waals surface area (Å²) in [5, 5.41) is 16.6. The molecule has 0 spiro atoms. The van der Waals surface area contributed by atoms with Crippen LogP contribution in [0.4, 0.5) is 9.52 Å². The first-order valence-corrected chi connectivity index (χ1v) is 10.7. The topological polar surface area (TPSA) is 85.1 Å². The fourth-order valence-electron chi connectivity index (χ4n) is 2.84. The van der Waals surface area contributed by atoms with E-state index in [1.807, 2.05) is 24.3 Å². The highest BCUT2D eigenvalue weighted by molar-refractivity contribution is 7.99. The Morgan fingerprint density at radius 1 is 1.07 bits per heavy atom. The van der Waals surface area contributed by atoms with Gasteiger partial charge in [0.25, 0.3) is 0 Å². The van der Waals surface area contributed by atoms with E-state index in [9.17, 15) is 9.18 Å². The first kappa shape index (κ1) is 18.6. The van der Waals surface area contributed by atoms with Gasteiger partial charge in [0.1, 0.15) is 5.82 Å². The number of thiazole rings is 1. The summed E-state index contributed by atoms with van der Waals surface area (Å²) < 4.78 is 15.8. The maximum Gasteiger partial charge on any atom is 0.236 e. The normalized spacial score (nSPS) is 11.2. The van der Waals surface area contributed by atoms with E-state index >= 15 is 0 Å². The van der Waals surface area contributed by atoms with Crippen molar-refractivity contribution < 1.29 is 9.18 Å². The van der Waals surface area contributed by atoms with E-state index in [1.54, 1.807) is 28.8 Å². The average Bonchev–Trinajstić information content (AvgIpc) is 3.35. The van der Waals surface area contributed by atoms with Gasteiger partial charge in [-0.25, -0.2) is 9.37 Å². The SMILES string of the molecule is O=C(CSc1nnc2ccc(-c3ccc(F)cc3)nn12)Nc1nc2ccccc2s1. The third-order valence-electron chi connectivity index (χ3n) is 4.25. The minimum Gasteiger partial charge on any atom is -0.301 e. The molecule has 5 aromatic rings. The van der Waals surface area contributed by atoms with E-state index in [0.717, 1.165) is 15.8 Å². The molecule has 0 bridgehead atoms. The lowest BCUT2D eigenvalue weighted by molar-refractivity contribution is -0.113. The van der Waals surface area contributed by atoms with Crippen LogP contribution in [0.5, 0.6) is 0 Å². The fraction of sp³-hybridized carbons (Fsp3) is 0.0500. The van der Waals surface area contributed by atoms with Crippen LogP contribution in [0, 0.1) is 5.82 Å². The Labute approximate surface area is 178 Å². The Balaban J connectivity index is 1.31. The summed E-state index contributed by atoms with van der Waals surface area (Å²) >= 11 is 2.66. The van der Waals surface area contributed by atoms with Gasteiger partial charge < -0.3 is 5.32 Å². The zero-order valence-electron chi connectivity index (χ0n) is 15.3. The monoisotopic (exact) mass is 436 g/mol. The van der Waals surface area contributed by atoms with Crippen LogP contribution in [0.1, 0.15) is 0 Å². The van der Waals surface area contributed by atoms with Gasteiger partial charge in [-0.15, -0.1) is 10.2 Å². The second kappa shape index (κ2) is 7.81. The number of carbonyl (C=O) groups excluding carboxylic acids is 1. The summed E-state index contributed by atoms with van der Waals surface area (Å²) in [7, 11) is 0. The number of carbonyl (C=O) groups is 1. The van der Waals surface area contributed by atoms with E-state index in [2.05, 4.69) is 25.6 Å². The van der Waals surface area contributed by atoms with Crippen molar-refractivity contribution in [2.45, 2.75) is 5.16 Å². The van der Waals surface area contributed by atoms with Crippen LogP contribution in [-0.2, 0) is 4.79 Å². The molecule has 1 amide bonds. The summed E-state index contributed by atoms with van der Waals surface area (Å²) in [5.41, 5.74) is 2.85. The molecule has 0 fully saturated rings. The van der Waals surface area contributed by atoms with E-state index in [4.69, 9.17) is 0 Å². The van der Waals surface area contributed by atoms with Crippen LogP contribution in [0.3, 0.4) is 0 Å². The Bertz CT molecular complexity index is 1330. The minimum atomic E-state index is -0.306. The summed E-state index contributed by atoms with van der Waals surface area (Å²) in [6.07, 6.45) is 0. The number of aromatic nitrogens is 5. The summed E-state index contributed by atoms with van der Waals surface area (Å²) in [5.74, 6) is -0.357. The first-order chi connectivity index (χ1) is 14.7. The Hall–Kier alpha value is -3.37. The Kier molecular flexibility index (Phi) is 4.85. The van der Waals surface area contributed by atoms with E-state index in [0.29, 0.717) is 21.6 Å². The summed E-state index contributed by atoms with van der Waals surface area (Å²) in [6.45, 7) is 0. The van der Waals surface area contributed by atoms with Crippen LogP contribution in [0.15, 0.2) is 65.8 Å². The van der Waals surface area contributed by atoms with Gasteiger partial charge >= 0.3 is 0 Å². The number of amides is 1. The number of anilines is 1. The lowest BCUT2D eigenvalue weighted by Gasteiger charge is -2.03. The van der Waals surface area contributed by atoms with Crippen molar-refractivity contribution in [1.29, 1.82) is 0 Å². The molecular weight excluding hydrogens is 423 g/mol. The molecule has 0 saturated carbocycles. The molecule has 3 heterocycles. The highest BCUT2D eigenvalue weighted by atomic mass is 32.2. The third kappa shape index (κ3) is 3.74. The number of nitrogens with one attached hydrogen (secondary N) is 1. The highest BCUT2D eigenvalue weighted by Gasteiger charge is 2.13. The Morgan fingerprint density at radius 2 is 1.90 bits per heavy atom. The summed E-state index contributed by atoms with van der Waals surface area (Å²) in [4.78, 5) is 16.8. The molecule has 0 saturated heterocycles. The standard InChI is InChI=1S/C20H13FN6OS2/c21-13-7-5-12(6-8-13)14-9-10-17-24-25-20(27(17)26-14)29-11-18(28)23-19-22-15-3-1-2-4-16(15)30-19/h1-10H,11H2,(H,22,23,28). The van der Waals surface area contributed by atoms with Crippen molar-refractivity contribution in [3.8, 4) is 11.3 Å². The van der Waals surface area contributed by atoms with E-state index in [-0.39, 0.29) is 17.5 Å². The number of hydrogen-bond donors (Lipinski definition) is 1. The van der Waals surface area contributed by atoms with Gasteiger partial charge in [0, 0.05) is 5.56 Å². The zero-order chi connectivity index (χ0) is 20.5. The van der Waals surface area contributed by atoms with Gasteiger partial charge in [-0.05, 0) is 48.5 Å². The van der Waals surface area contributed by atoms with Gasteiger partial charge in [0.15, 0.2) is 10.8 Å². The molecule has 0 aliphatic rings. The molecule has 5 rings (SSSR count). The molecule has 0 atom stereocenters. The molecule has 1 N–H and O–H groups in total. The van der Waals surface area contributed by atoms with Crippen molar-refractivity contribution in [2.24, 2.45) is 0 Å². The number of hydrogen-bond acceptors (Lipinski definition) is 7. The van der Waals surface area contributed by atoms with Gasteiger partial charge in [-0.2, -0.15) is 9.61 Å². The van der Waals surface area contributed by atoms with Crippen LogP contribution in [0.25, 0.3) is 27.1 Å². The number of fused-ring (bicyclic) bond motifs is 2. The van der Waals surface area contributed by atoms with Gasteiger partial charge in [-0.1, -0.05) is 35.2 Å². The number of halogens is 1. The molecule has 3 aromatic heterocycles. The number of nitrogens with zero attached hydrogens (tertiary/aromatic N) is 5. The van der Waals surface area contributed by atoms with Crippen molar-refractivity contribution >= 4 is 50.0 Å². The molecule has 7 nitrogen and oxygen atoms in total. The minimum absolute atomic E-state index is 0.138. The molecule has 0 radical (unpaired) electrons. The molecule has 30 heavy (non-hydrogen) atoms. The maximum absolute atomic E-state index is 13.2. The van der Waals surface area contributed by atoms with Crippen LogP contribution < -0.4 is 5.32 Å². The molecule has 0 aliphatic carbocycles. The van der Waals surface area contributed by atoms with Crippen molar-refractivity contribution in [1.82, 2.24) is 24.8 Å². The number of rotatable bonds is 5. The van der Waals surface area contributed by atoms with E-state index in [1.165, 1.54) is 35.2 Å². The number of benzene rings is 2. The van der Waals surface area contributed by atoms with Gasteiger partial charge in [-0.3, -0.25) is 4.79 Å². The predicted octanol–water partition coefficient (Wildman–Crippen LogP) is 4.27. The molecule has 0 aliphatic heterocycles. The molecule has 0 unspecified atom stereocenters. The molecule has 2 aromatic carbocycles. The maximum atomic E-state index is 13.2. The summed E-state index contributed by atoms with van der Waals surface area (Å²) in [6, 6.07) is 17.4. The van der Waals surface area contributed by atoms with Crippen molar-refractivity contribution in [3.63, 3.8) is 0 Å². The predicted molar refractivity (Wildman–Crippen MR) is 115 cm³/mol. The number of para-hydroxylation sites is 1. The zero-order valence-corrected chi connectivity index (χ0v) is 17.0. The lowest BCUT2D eigenvalue weighted by atomic mass is 10.1. The number of thioether (sulfide) groups is 1. The fourth-order valence-corrected chi connectivity index (χ4v) is 4.41. The largest absolute Gasteiger partial charge is 0.301 e. The third-order valence-corrected chi connectivity index (χ3v) is 6.12. The van der Waals surface area contributed by atoms with Crippen molar-refractivity contribution in [3.05, 3.63) is 66.5 Å². The molecule has 148 valence electrons. The second-order valence-corrected chi connectivity index (χ2v) is 8.27. The van der Waals surface area contributed by atoms with Crippen LogP contribution in [0.2, 0.25) is 0 Å². The van der Waals surface area contributed by atoms with Crippen LogP contribution >= 0.6 is 23.1 Å². The van der Waals surface area contributed by atoms with Crippen LogP contribution in [-0.4, -0.2) is 36.5 Å². The molecular formula is C20H13FN6OS2. The smallest absolute Gasteiger partial charge is 0.236 e. The molecule has 10 heteroatoms. The second-order valence-electron chi connectivity index (χ2n) is 6.30. The lowest BCUT2D eigenvalue weighted by Crippen LogP contribution is -2.14. The van der Waals surface area contributed by atoms with Crippen molar-refractivity contribution in [2.75, 3.05) is 11.1 Å². The first-order valence-electron chi connectivity index (χ1n) is 8.92. The highest BCUT2D eigenvalue weighted by Crippen LogP contribution is 2.26. The quantitative estimate of drug-likeness (QED) is 0.414. The van der Waals surface area contributed by atoms with Gasteiger partial charge in [0.05, 0.1) is 21.7 Å². The average molecular weight is 436 g/mol. The van der Waals surface area contributed by atoms with Gasteiger partial charge in [0.2, 0.25) is 11.1 Å². The van der Waals surface area contributed by atoms with E-state index < -0.39 is 0 Å².